The van der Waals surface area contributed by atoms with Gasteiger partial charge in [-0.1, -0.05) is 19.4 Å². The highest BCUT2D eigenvalue weighted by atomic mass is 19.3. The van der Waals surface area contributed by atoms with E-state index in [1.807, 2.05) is 6.92 Å². The number of nitrogens with two attached hydrogens (primary N) is 1. The Hall–Kier alpha value is -3.70. The van der Waals surface area contributed by atoms with Crippen molar-refractivity contribution in [1.82, 2.24) is 9.88 Å². The highest BCUT2D eigenvalue weighted by Gasteiger charge is 2.59. The average molecular weight is 539 g/mol. The summed E-state index contributed by atoms with van der Waals surface area (Å²) < 4.78 is 69.7. The number of halogens is 5. The van der Waals surface area contributed by atoms with Crippen LogP contribution in [0.1, 0.15) is 71.1 Å². The standard InChI is InChI=1S/C26H27F5N4O3/c1-3-4-7-18(32)25(11-26(30,31)12-25)34-24(38)22(36)21-13(2)19(17-6-5-8-35(17)21)23(37)33-14-9-15(27)20(29)16(28)10-14/h7,9-10H,3-6,8,11-12,32H2,1-2H3,(H,33,37)(H,34,38)/b18-7-. The van der Waals surface area contributed by atoms with Crippen molar-refractivity contribution >= 4 is 23.3 Å². The van der Waals surface area contributed by atoms with Crippen LogP contribution in [0, 0.1) is 24.4 Å². The Morgan fingerprint density at radius 3 is 2.34 bits per heavy atom. The molecule has 1 aliphatic heterocycles. The zero-order valence-electron chi connectivity index (χ0n) is 20.8. The molecular weight excluding hydrogens is 511 g/mol. The quantitative estimate of drug-likeness (QED) is 0.199. The number of nitrogens with one attached hydrogen (secondary N) is 2. The van der Waals surface area contributed by atoms with Crippen molar-refractivity contribution in [2.24, 2.45) is 5.73 Å². The number of aromatic nitrogens is 1. The molecule has 0 atom stereocenters. The van der Waals surface area contributed by atoms with E-state index in [-0.39, 0.29) is 28.2 Å². The van der Waals surface area contributed by atoms with Gasteiger partial charge in [0.1, 0.15) is 0 Å². The number of fused-ring (bicyclic) bond motifs is 1. The number of carbonyl (C=O) groups excluding carboxylic acids is 3. The van der Waals surface area contributed by atoms with Crippen LogP contribution in [0.15, 0.2) is 23.9 Å². The smallest absolute Gasteiger partial charge is 0.294 e. The lowest BCUT2D eigenvalue weighted by atomic mass is 9.70. The lowest BCUT2D eigenvalue weighted by Gasteiger charge is -2.48. The fourth-order valence-electron chi connectivity index (χ4n) is 5.21. The van der Waals surface area contributed by atoms with Crippen molar-refractivity contribution in [3.8, 4) is 0 Å². The fourth-order valence-corrected chi connectivity index (χ4v) is 5.21. The van der Waals surface area contributed by atoms with Crippen molar-refractivity contribution < 1.29 is 36.3 Å². The predicted octanol–water partition coefficient (Wildman–Crippen LogP) is 4.52. The second-order valence-corrected chi connectivity index (χ2v) is 9.78. The van der Waals surface area contributed by atoms with E-state index in [4.69, 9.17) is 5.73 Å². The van der Waals surface area contributed by atoms with Gasteiger partial charge in [-0.3, -0.25) is 14.4 Å². The van der Waals surface area contributed by atoms with Crippen LogP contribution in [0.5, 0.6) is 0 Å². The van der Waals surface area contributed by atoms with Crippen molar-refractivity contribution in [3.05, 3.63) is 63.9 Å². The van der Waals surface area contributed by atoms with Gasteiger partial charge in [0.2, 0.25) is 0 Å². The number of benzene rings is 1. The van der Waals surface area contributed by atoms with Crippen LogP contribution in [0.25, 0.3) is 0 Å². The molecule has 2 heterocycles. The molecule has 2 aliphatic rings. The SMILES string of the molecule is CCC/C=C(\N)C1(NC(=O)C(=O)c2c(C)c(C(=O)Nc3cc(F)c(F)c(F)c3)c3n2CCC3)CC(F)(F)C1. The molecule has 38 heavy (non-hydrogen) atoms. The van der Waals surface area contributed by atoms with Crippen molar-refractivity contribution in [3.63, 3.8) is 0 Å². The molecule has 0 spiro atoms. The Balaban J connectivity index is 1.63. The number of Topliss-reactive ketones (excluding diaryl/α,β-unsaturated/α-hetero) is 1. The number of nitrogens with zero attached hydrogens (tertiary/aromatic N) is 1. The minimum Gasteiger partial charge on any atom is -0.400 e. The Labute approximate surface area is 215 Å². The molecule has 1 saturated carbocycles. The summed E-state index contributed by atoms with van der Waals surface area (Å²) in [5, 5.41) is 4.71. The molecule has 1 aliphatic carbocycles. The van der Waals surface area contributed by atoms with E-state index in [2.05, 4.69) is 10.6 Å². The topological polar surface area (TPSA) is 106 Å². The number of carbonyl (C=O) groups is 3. The molecule has 1 fully saturated rings. The highest BCUT2D eigenvalue weighted by Crippen LogP contribution is 2.48. The van der Waals surface area contributed by atoms with Gasteiger partial charge in [0.15, 0.2) is 17.5 Å². The Morgan fingerprint density at radius 2 is 1.76 bits per heavy atom. The maximum atomic E-state index is 13.8. The molecule has 4 N–H and O–H groups in total. The first-order valence-corrected chi connectivity index (χ1v) is 12.2. The van der Waals surface area contributed by atoms with E-state index in [0.717, 1.165) is 0 Å². The minimum absolute atomic E-state index is 0.0380. The van der Waals surface area contributed by atoms with E-state index in [9.17, 15) is 36.3 Å². The van der Waals surface area contributed by atoms with Crippen LogP contribution in [-0.2, 0) is 17.8 Å². The molecule has 4 rings (SSSR count). The molecule has 1 aromatic carbocycles. The maximum absolute atomic E-state index is 13.8. The first-order valence-electron chi connectivity index (χ1n) is 12.2. The monoisotopic (exact) mass is 538 g/mol. The number of alkyl halides is 2. The first-order chi connectivity index (χ1) is 17.8. The second kappa shape index (κ2) is 9.88. The summed E-state index contributed by atoms with van der Waals surface area (Å²) in [7, 11) is 0. The lowest BCUT2D eigenvalue weighted by Crippen LogP contribution is -2.65. The van der Waals surface area contributed by atoms with Gasteiger partial charge in [0, 0.05) is 48.6 Å². The van der Waals surface area contributed by atoms with E-state index in [1.54, 1.807) is 6.08 Å². The molecule has 2 aromatic rings. The van der Waals surface area contributed by atoms with Crippen LogP contribution < -0.4 is 16.4 Å². The van der Waals surface area contributed by atoms with E-state index in [0.29, 0.717) is 50.1 Å². The minimum atomic E-state index is -3.04. The van der Waals surface area contributed by atoms with Gasteiger partial charge in [0.25, 0.3) is 23.5 Å². The molecule has 7 nitrogen and oxygen atoms in total. The van der Waals surface area contributed by atoms with Crippen molar-refractivity contribution in [1.29, 1.82) is 0 Å². The van der Waals surface area contributed by atoms with Gasteiger partial charge in [-0.25, -0.2) is 22.0 Å². The molecule has 0 saturated heterocycles. The van der Waals surface area contributed by atoms with E-state index in [1.165, 1.54) is 11.5 Å². The third-order valence-corrected chi connectivity index (χ3v) is 6.98. The second-order valence-electron chi connectivity index (χ2n) is 9.78. The summed E-state index contributed by atoms with van der Waals surface area (Å²) in [4.78, 5) is 39.4. The summed E-state index contributed by atoms with van der Waals surface area (Å²) >= 11 is 0. The Kier molecular flexibility index (Phi) is 7.11. The number of ketones is 1. The van der Waals surface area contributed by atoms with Gasteiger partial charge < -0.3 is 20.9 Å². The number of amides is 2. The third kappa shape index (κ3) is 4.79. The Morgan fingerprint density at radius 1 is 1.13 bits per heavy atom. The van der Waals surface area contributed by atoms with Crippen LogP contribution in [-0.4, -0.2) is 33.6 Å². The summed E-state index contributed by atoms with van der Waals surface area (Å²) in [5.74, 6) is -10.7. The van der Waals surface area contributed by atoms with Crippen LogP contribution in [0.4, 0.5) is 27.6 Å². The van der Waals surface area contributed by atoms with Crippen LogP contribution in [0.3, 0.4) is 0 Å². The van der Waals surface area contributed by atoms with E-state index >= 15 is 0 Å². The molecule has 0 radical (unpaired) electrons. The number of anilines is 1. The third-order valence-electron chi connectivity index (χ3n) is 6.98. The van der Waals surface area contributed by atoms with Gasteiger partial charge in [-0.15, -0.1) is 0 Å². The van der Waals surface area contributed by atoms with Crippen LogP contribution >= 0.6 is 0 Å². The number of hydrogen-bond acceptors (Lipinski definition) is 4. The average Bonchev–Trinajstić information content (AvgIpc) is 3.38. The molecule has 2 amide bonds. The number of unbranched alkanes of at least 4 members (excludes halogenated alkanes) is 1. The molecule has 1 aromatic heterocycles. The Bertz CT molecular complexity index is 1330. The lowest BCUT2D eigenvalue weighted by molar-refractivity contribution is -0.137. The van der Waals surface area contributed by atoms with Gasteiger partial charge >= 0.3 is 0 Å². The molecule has 204 valence electrons. The molecular formula is C26H27F5N4O3. The van der Waals surface area contributed by atoms with E-state index < -0.39 is 59.4 Å². The molecule has 0 bridgehead atoms. The zero-order valence-corrected chi connectivity index (χ0v) is 20.8. The first kappa shape index (κ1) is 27.3. The van der Waals surface area contributed by atoms with Gasteiger partial charge in [-0.2, -0.15) is 0 Å². The van der Waals surface area contributed by atoms with Gasteiger partial charge in [-0.05, 0) is 31.7 Å². The fraction of sp³-hybridized carbons (Fsp3) is 0.423. The summed E-state index contributed by atoms with van der Waals surface area (Å²) in [6, 6.07) is 1.23. The summed E-state index contributed by atoms with van der Waals surface area (Å²) in [5.41, 5.74) is 4.73. The molecule has 0 unspecified atom stereocenters. The molecule has 12 heteroatoms. The summed E-state index contributed by atoms with van der Waals surface area (Å²) in [6.07, 6.45) is 2.23. The van der Waals surface area contributed by atoms with Crippen molar-refractivity contribution in [2.75, 3.05) is 5.32 Å². The van der Waals surface area contributed by atoms with Gasteiger partial charge in [0.05, 0.1) is 16.8 Å². The number of rotatable bonds is 8. The van der Waals surface area contributed by atoms with Crippen molar-refractivity contribution in [2.45, 2.75) is 70.4 Å². The van der Waals surface area contributed by atoms with Crippen LogP contribution in [0.2, 0.25) is 0 Å². The highest BCUT2D eigenvalue weighted by molar-refractivity contribution is 6.43. The summed E-state index contributed by atoms with van der Waals surface area (Å²) in [6.45, 7) is 3.63. The predicted molar refractivity (Wildman–Crippen MR) is 128 cm³/mol. The zero-order chi connectivity index (χ0) is 28.0. The number of hydrogen-bond donors (Lipinski definition) is 3. The number of allylic oxidation sites excluding steroid dienone is 1. The largest absolute Gasteiger partial charge is 0.400 e. The normalized spacial score (nSPS) is 17.5. The maximum Gasteiger partial charge on any atom is 0.294 e.